The standard InChI is InChI=1S/C13H15N5O3.C7H7Cl2N/c19-4-3-18-7-10(6-15-18)16-13-14-5-9(8-20)12(17-13)21-11-1-2-11;1-10-7-5(8)3-2-4-6(7)9/h5-8,11,19H,1-4H2,(H,14,16,17);2-4,10H,1H3. The fourth-order valence-electron chi connectivity index (χ4n) is 2.47. The summed E-state index contributed by atoms with van der Waals surface area (Å²) in [5.74, 6) is 0.632. The zero-order valence-corrected chi connectivity index (χ0v) is 18.3. The van der Waals surface area contributed by atoms with E-state index in [2.05, 4.69) is 25.7 Å². The second kappa shape index (κ2) is 10.9. The zero-order chi connectivity index (χ0) is 22.2. The number of anilines is 3. The third kappa shape index (κ3) is 6.55. The lowest BCUT2D eigenvalue weighted by Crippen LogP contribution is -2.05. The molecule has 1 fully saturated rings. The highest BCUT2D eigenvalue weighted by molar-refractivity contribution is 6.39. The summed E-state index contributed by atoms with van der Waals surface area (Å²) >= 11 is 11.6. The van der Waals surface area contributed by atoms with Crippen LogP contribution in [0, 0.1) is 0 Å². The number of aromatic nitrogens is 4. The lowest BCUT2D eigenvalue weighted by molar-refractivity contribution is 0.111. The van der Waals surface area contributed by atoms with Gasteiger partial charge in [-0.3, -0.25) is 9.48 Å². The first kappa shape index (κ1) is 22.8. The molecule has 0 spiro atoms. The number of carbonyl (C=O) groups is 1. The molecule has 3 N–H and O–H groups in total. The quantitative estimate of drug-likeness (QED) is 0.431. The molecule has 0 saturated heterocycles. The van der Waals surface area contributed by atoms with Crippen LogP contribution in [0.1, 0.15) is 23.2 Å². The summed E-state index contributed by atoms with van der Waals surface area (Å²) in [7, 11) is 1.78. The number of carbonyl (C=O) groups excluding carboxylic acids is 1. The number of aliphatic hydroxyl groups excluding tert-OH is 1. The van der Waals surface area contributed by atoms with Crippen molar-refractivity contribution in [3.8, 4) is 5.88 Å². The van der Waals surface area contributed by atoms with E-state index in [0.29, 0.717) is 46.0 Å². The molecule has 4 rings (SSSR count). The van der Waals surface area contributed by atoms with E-state index in [1.54, 1.807) is 36.3 Å². The third-order valence-electron chi connectivity index (χ3n) is 4.14. The molecule has 2 heterocycles. The summed E-state index contributed by atoms with van der Waals surface area (Å²) in [5, 5.41) is 20.1. The Labute approximate surface area is 189 Å². The van der Waals surface area contributed by atoms with Gasteiger partial charge >= 0.3 is 0 Å². The van der Waals surface area contributed by atoms with Gasteiger partial charge in [0.1, 0.15) is 6.10 Å². The Morgan fingerprint density at radius 3 is 2.61 bits per heavy atom. The fraction of sp³-hybridized carbons (Fsp3) is 0.300. The van der Waals surface area contributed by atoms with Gasteiger partial charge in [-0.15, -0.1) is 0 Å². The fourth-order valence-corrected chi connectivity index (χ4v) is 3.06. The average molecular weight is 465 g/mol. The van der Waals surface area contributed by atoms with Gasteiger partial charge in [-0.1, -0.05) is 29.3 Å². The number of hydrogen-bond acceptors (Lipinski definition) is 8. The first-order valence-corrected chi connectivity index (χ1v) is 10.3. The smallest absolute Gasteiger partial charge is 0.230 e. The first-order chi connectivity index (χ1) is 15.0. The van der Waals surface area contributed by atoms with Crippen LogP contribution < -0.4 is 15.4 Å². The van der Waals surface area contributed by atoms with Crippen LogP contribution in [0.3, 0.4) is 0 Å². The monoisotopic (exact) mass is 464 g/mol. The van der Waals surface area contributed by atoms with Crippen molar-refractivity contribution >= 4 is 46.8 Å². The number of rotatable bonds is 8. The lowest BCUT2D eigenvalue weighted by atomic mass is 10.3. The van der Waals surface area contributed by atoms with E-state index in [1.807, 2.05) is 6.07 Å². The lowest BCUT2D eigenvalue weighted by Gasteiger charge is -2.08. The topological polar surface area (TPSA) is 114 Å². The van der Waals surface area contributed by atoms with Gasteiger partial charge in [-0.25, -0.2) is 4.98 Å². The second-order valence-electron chi connectivity index (χ2n) is 6.58. The molecular weight excluding hydrogens is 443 g/mol. The van der Waals surface area contributed by atoms with Crippen molar-refractivity contribution in [3.05, 3.63) is 52.4 Å². The Morgan fingerprint density at radius 2 is 2.03 bits per heavy atom. The molecule has 0 radical (unpaired) electrons. The summed E-state index contributed by atoms with van der Waals surface area (Å²) in [4.78, 5) is 19.2. The van der Waals surface area contributed by atoms with E-state index >= 15 is 0 Å². The number of aliphatic hydroxyl groups is 1. The van der Waals surface area contributed by atoms with E-state index < -0.39 is 0 Å². The highest BCUT2D eigenvalue weighted by Gasteiger charge is 2.25. The van der Waals surface area contributed by atoms with Crippen molar-refractivity contribution in [2.24, 2.45) is 0 Å². The van der Waals surface area contributed by atoms with Crippen LogP contribution in [-0.4, -0.2) is 50.9 Å². The van der Waals surface area contributed by atoms with Crippen LogP contribution >= 0.6 is 23.2 Å². The molecule has 0 amide bonds. The van der Waals surface area contributed by atoms with Gasteiger partial charge in [0.05, 0.1) is 46.3 Å². The maximum absolute atomic E-state index is 11.0. The van der Waals surface area contributed by atoms with Gasteiger partial charge in [0.15, 0.2) is 6.29 Å². The summed E-state index contributed by atoms with van der Waals surface area (Å²) < 4.78 is 7.19. The Kier molecular flexibility index (Phi) is 8.05. The number of para-hydroxylation sites is 1. The Balaban J connectivity index is 0.000000229. The third-order valence-corrected chi connectivity index (χ3v) is 4.77. The number of nitrogens with one attached hydrogen (secondary N) is 2. The highest BCUT2D eigenvalue weighted by Crippen LogP contribution is 2.29. The van der Waals surface area contributed by atoms with Crippen molar-refractivity contribution in [1.29, 1.82) is 0 Å². The van der Waals surface area contributed by atoms with Gasteiger partial charge in [-0.2, -0.15) is 10.1 Å². The Bertz CT molecular complexity index is 1010. The summed E-state index contributed by atoms with van der Waals surface area (Å²) in [6.45, 7) is 0.438. The van der Waals surface area contributed by atoms with Crippen LogP contribution in [0.2, 0.25) is 10.0 Å². The van der Waals surface area contributed by atoms with Gasteiger partial charge in [0, 0.05) is 19.4 Å². The number of hydrogen-bond donors (Lipinski definition) is 3. The minimum absolute atomic E-state index is 0.0189. The van der Waals surface area contributed by atoms with Crippen molar-refractivity contribution < 1.29 is 14.6 Å². The van der Waals surface area contributed by atoms with E-state index in [0.717, 1.165) is 18.5 Å². The van der Waals surface area contributed by atoms with Crippen molar-refractivity contribution in [2.75, 3.05) is 24.3 Å². The molecule has 0 atom stereocenters. The number of halogens is 2. The predicted octanol–water partition coefficient (Wildman–Crippen LogP) is 3.80. The van der Waals surface area contributed by atoms with Gasteiger partial charge in [0.25, 0.3) is 0 Å². The minimum atomic E-state index is 0.0189. The molecule has 3 aromatic rings. The molecule has 0 aliphatic heterocycles. The maximum Gasteiger partial charge on any atom is 0.230 e. The van der Waals surface area contributed by atoms with E-state index in [9.17, 15) is 4.79 Å². The molecule has 1 aliphatic carbocycles. The Hall–Kier alpha value is -2.88. The van der Waals surface area contributed by atoms with Crippen LogP contribution in [0.15, 0.2) is 36.8 Å². The molecule has 1 aliphatic rings. The normalized spacial score (nSPS) is 12.5. The van der Waals surface area contributed by atoms with Gasteiger partial charge < -0.3 is 20.5 Å². The van der Waals surface area contributed by atoms with Gasteiger partial charge in [-0.05, 0) is 25.0 Å². The highest BCUT2D eigenvalue weighted by atomic mass is 35.5. The summed E-state index contributed by atoms with van der Waals surface area (Å²) in [6, 6.07) is 5.39. The molecule has 31 heavy (non-hydrogen) atoms. The largest absolute Gasteiger partial charge is 0.474 e. The molecule has 11 heteroatoms. The molecule has 1 aromatic carbocycles. The second-order valence-corrected chi connectivity index (χ2v) is 7.39. The first-order valence-electron chi connectivity index (χ1n) is 9.55. The molecular formula is C20H22Cl2N6O3. The van der Waals surface area contributed by atoms with E-state index in [4.69, 9.17) is 33.0 Å². The van der Waals surface area contributed by atoms with E-state index in [1.165, 1.54) is 6.20 Å². The number of ether oxygens (including phenoxy) is 1. The Morgan fingerprint density at radius 1 is 1.29 bits per heavy atom. The SMILES string of the molecule is CNc1c(Cl)cccc1Cl.O=Cc1cnc(Nc2cnn(CCO)c2)nc1OC1CC1. The van der Waals surface area contributed by atoms with Crippen molar-refractivity contribution in [3.63, 3.8) is 0 Å². The molecule has 0 unspecified atom stereocenters. The van der Waals surface area contributed by atoms with Crippen molar-refractivity contribution in [1.82, 2.24) is 19.7 Å². The summed E-state index contributed by atoms with van der Waals surface area (Å²) in [6.07, 6.45) is 7.57. The minimum Gasteiger partial charge on any atom is -0.474 e. The van der Waals surface area contributed by atoms with E-state index in [-0.39, 0.29) is 12.7 Å². The molecule has 0 bridgehead atoms. The zero-order valence-electron chi connectivity index (χ0n) is 16.8. The maximum atomic E-state index is 11.0. The average Bonchev–Trinajstić information content (AvgIpc) is 3.46. The number of benzene rings is 1. The summed E-state index contributed by atoms with van der Waals surface area (Å²) in [5.41, 5.74) is 1.81. The number of aldehydes is 1. The molecule has 164 valence electrons. The predicted molar refractivity (Wildman–Crippen MR) is 120 cm³/mol. The van der Waals surface area contributed by atoms with Gasteiger partial charge in [0.2, 0.25) is 11.8 Å². The molecule has 2 aromatic heterocycles. The van der Waals surface area contributed by atoms with Crippen LogP contribution in [0.5, 0.6) is 5.88 Å². The molecule has 1 saturated carbocycles. The van der Waals surface area contributed by atoms with Crippen molar-refractivity contribution in [2.45, 2.75) is 25.5 Å². The van der Waals surface area contributed by atoms with Crippen LogP contribution in [0.4, 0.5) is 17.3 Å². The number of nitrogens with zero attached hydrogens (tertiary/aromatic N) is 4. The molecule has 9 nitrogen and oxygen atoms in total. The van der Waals surface area contributed by atoms with Crippen LogP contribution in [0.25, 0.3) is 0 Å². The van der Waals surface area contributed by atoms with Crippen LogP contribution in [-0.2, 0) is 6.54 Å².